The largest absolute Gasteiger partial charge is 0.479 e. The number of hydrogen-bond donors (Lipinski definition) is 11. The molecular formula is C31H57NO15. The predicted molar refractivity (Wildman–Crippen MR) is 163 cm³/mol. The van der Waals surface area contributed by atoms with Gasteiger partial charge in [0.25, 0.3) is 0 Å². The van der Waals surface area contributed by atoms with E-state index in [4.69, 9.17) is 14.2 Å². The Morgan fingerprint density at radius 2 is 1.30 bits per heavy atom. The number of aliphatic hydroxyl groups excluding tert-OH is 9. The highest BCUT2D eigenvalue weighted by Gasteiger charge is 2.69. The first-order valence-corrected chi connectivity index (χ1v) is 16.8. The first kappa shape index (κ1) is 41.6. The van der Waals surface area contributed by atoms with Crippen molar-refractivity contribution in [3.63, 3.8) is 0 Å². The summed E-state index contributed by atoms with van der Waals surface area (Å²) in [6.07, 6.45) is -4.52. The second-order valence-electron chi connectivity index (χ2n) is 12.7. The van der Waals surface area contributed by atoms with E-state index in [0.29, 0.717) is 12.8 Å². The molecule has 11 atom stereocenters. The summed E-state index contributed by atoms with van der Waals surface area (Å²) in [5.74, 6) is -2.82. The fourth-order valence-electron chi connectivity index (χ4n) is 6.27. The zero-order valence-electron chi connectivity index (χ0n) is 27.2. The van der Waals surface area contributed by atoms with Crippen molar-refractivity contribution in [2.45, 2.75) is 163 Å². The van der Waals surface area contributed by atoms with Crippen LogP contribution in [0, 0.1) is 0 Å². The second kappa shape index (κ2) is 20.2. The Kier molecular flexibility index (Phi) is 17.9. The van der Waals surface area contributed by atoms with Crippen LogP contribution in [-0.4, -0.2) is 149 Å². The summed E-state index contributed by atoms with van der Waals surface area (Å²) in [6.45, 7) is -1.56. The molecule has 2 heterocycles. The molecule has 0 aromatic heterocycles. The number of amides is 1. The van der Waals surface area contributed by atoms with Crippen molar-refractivity contribution in [3.8, 4) is 0 Å². The van der Waals surface area contributed by atoms with Crippen LogP contribution in [0.15, 0.2) is 0 Å². The smallest absolute Gasteiger partial charge is 0.335 e. The first-order valence-electron chi connectivity index (χ1n) is 16.8. The Bertz CT molecular complexity index is 927. The van der Waals surface area contributed by atoms with Crippen LogP contribution >= 0.6 is 0 Å². The van der Waals surface area contributed by atoms with Gasteiger partial charge in [-0.1, -0.05) is 84.0 Å². The van der Waals surface area contributed by atoms with Gasteiger partial charge in [-0.15, -0.1) is 0 Å². The molecule has 0 aliphatic carbocycles. The summed E-state index contributed by atoms with van der Waals surface area (Å²) in [4.78, 5) is 25.7. The molecule has 2 aliphatic rings. The maximum absolute atomic E-state index is 13.0. The van der Waals surface area contributed by atoms with E-state index in [0.717, 1.165) is 25.7 Å². The van der Waals surface area contributed by atoms with Crippen LogP contribution in [0.3, 0.4) is 0 Å². The Balaban J connectivity index is 2.06. The lowest BCUT2D eigenvalue weighted by molar-refractivity contribution is -0.384. The summed E-state index contributed by atoms with van der Waals surface area (Å²) < 4.78 is 16.1. The van der Waals surface area contributed by atoms with E-state index in [2.05, 4.69) is 12.2 Å². The lowest BCUT2D eigenvalue weighted by Gasteiger charge is -2.55. The number of hydrogen-bond acceptors (Lipinski definition) is 14. The number of ether oxygens (including phenoxy) is 3. The number of nitrogens with one attached hydrogen (secondary N) is 1. The molecule has 0 saturated carbocycles. The standard InChI is InChI=1S/C31H57NO15/c1-2-3-4-5-6-7-8-9-10-11-12-13-14-15-20(36)32-30(17-34,29(43)44)31(18-35)26(41)22(38)24(40)28(47-31)46-25-19(16-33)45-27(42)23(39)21(25)37/h19,21-28,33-35,37-42H,2-18H2,1H3,(H,32,36)(H,43,44)/t19-,21-,22-,23-,24-,25-,26-,27-,28+,30?,31-/m1/s1. The van der Waals surface area contributed by atoms with E-state index in [1.165, 1.54) is 44.9 Å². The molecule has 0 aromatic rings. The van der Waals surface area contributed by atoms with Gasteiger partial charge in [0.15, 0.2) is 23.7 Å². The van der Waals surface area contributed by atoms with Crippen molar-refractivity contribution >= 4 is 11.9 Å². The predicted octanol–water partition coefficient (Wildman–Crippen LogP) is -1.61. The minimum Gasteiger partial charge on any atom is -0.479 e. The molecule has 2 saturated heterocycles. The van der Waals surface area contributed by atoms with Crippen LogP contribution in [-0.2, 0) is 23.8 Å². The van der Waals surface area contributed by atoms with Crippen LogP contribution in [0.1, 0.15) is 96.8 Å². The summed E-state index contributed by atoms with van der Waals surface area (Å²) in [6, 6.07) is 0. The van der Waals surface area contributed by atoms with Crippen molar-refractivity contribution in [1.29, 1.82) is 0 Å². The molecule has 2 rings (SSSR count). The minimum atomic E-state index is -2.98. The van der Waals surface area contributed by atoms with Gasteiger partial charge in [-0.25, -0.2) is 4.79 Å². The topological polar surface area (TPSA) is 276 Å². The number of carbonyl (C=O) groups excluding carboxylic acids is 1. The van der Waals surface area contributed by atoms with Crippen LogP contribution in [0.2, 0.25) is 0 Å². The molecule has 0 aromatic carbocycles. The molecule has 1 unspecified atom stereocenters. The van der Waals surface area contributed by atoms with Gasteiger partial charge in [0, 0.05) is 6.42 Å². The quantitative estimate of drug-likeness (QED) is 0.0573. The van der Waals surface area contributed by atoms with E-state index in [1.807, 2.05) is 0 Å². The van der Waals surface area contributed by atoms with Crippen molar-refractivity contribution in [1.82, 2.24) is 5.32 Å². The molecule has 0 spiro atoms. The number of carbonyl (C=O) groups is 2. The zero-order chi connectivity index (χ0) is 35.2. The summed E-state index contributed by atoms with van der Waals surface area (Å²) >= 11 is 0. The molecule has 47 heavy (non-hydrogen) atoms. The normalized spacial score (nSPS) is 34.1. The van der Waals surface area contributed by atoms with Crippen molar-refractivity contribution < 1.29 is 74.9 Å². The number of carboxylic acid groups (broad SMARTS) is 1. The van der Waals surface area contributed by atoms with Gasteiger partial charge in [0.1, 0.15) is 42.7 Å². The van der Waals surface area contributed by atoms with Crippen LogP contribution < -0.4 is 5.32 Å². The van der Waals surface area contributed by atoms with E-state index in [1.54, 1.807) is 0 Å². The fraction of sp³-hybridized carbons (Fsp3) is 0.935. The highest BCUT2D eigenvalue weighted by molar-refractivity contribution is 5.89. The minimum absolute atomic E-state index is 0.167. The molecule has 2 aliphatic heterocycles. The Hall–Kier alpha value is -1.54. The SMILES string of the molecule is CCCCCCCCCCCCCCCC(=O)NC(CO)(C(=O)O)[C@]1(CO)O[C@H](O[C@H]2[C@H](O)[C@@H](O)[C@H](O)O[C@@H]2CO)[C@H](O)[C@@H](O)[C@H]1O. The van der Waals surface area contributed by atoms with Gasteiger partial charge in [-0.2, -0.15) is 0 Å². The van der Waals surface area contributed by atoms with E-state index < -0.39 is 98.1 Å². The van der Waals surface area contributed by atoms with Gasteiger partial charge in [0.05, 0.1) is 19.8 Å². The Morgan fingerprint density at radius 1 is 0.766 bits per heavy atom. The number of rotatable bonds is 22. The van der Waals surface area contributed by atoms with E-state index in [-0.39, 0.29) is 6.42 Å². The van der Waals surface area contributed by atoms with Gasteiger partial charge in [-0.05, 0) is 6.42 Å². The Morgan fingerprint density at radius 3 is 1.77 bits per heavy atom. The maximum Gasteiger partial charge on any atom is 0.335 e. The highest BCUT2D eigenvalue weighted by Crippen LogP contribution is 2.40. The average Bonchev–Trinajstić information content (AvgIpc) is 3.05. The van der Waals surface area contributed by atoms with Gasteiger partial charge in [0.2, 0.25) is 5.91 Å². The number of carboxylic acids is 1. The van der Waals surface area contributed by atoms with Gasteiger partial charge >= 0.3 is 5.97 Å². The van der Waals surface area contributed by atoms with Gasteiger partial charge < -0.3 is 70.6 Å². The molecule has 0 radical (unpaired) electrons. The molecule has 1 amide bonds. The highest BCUT2D eigenvalue weighted by atomic mass is 16.7. The summed E-state index contributed by atoms with van der Waals surface area (Å²) in [7, 11) is 0. The second-order valence-corrected chi connectivity index (χ2v) is 12.7. The maximum atomic E-state index is 13.0. The molecule has 0 bridgehead atoms. The third-order valence-corrected chi connectivity index (χ3v) is 9.31. The molecule has 276 valence electrons. The van der Waals surface area contributed by atoms with Crippen molar-refractivity contribution in [2.75, 3.05) is 19.8 Å². The van der Waals surface area contributed by atoms with E-state index in [9.17, 15) is 60.7 Å². The lowest BCUT2D eigenvalue weighted by atomic mass is 9.71. The third kappa shape index (κ3) is 10.2. The summed E-state index contributed by atoms with van der Waals surface area (Å²) in [5, 5.41) is 105. The zero-order valence-corrected chi connectivity index (χ0v) is 27.2. The fourth-order valence-corrected chi connectivity index (χ4v) is 6.27. The molecule has 2 fully saturated rings. The van der Waals surface area contributed by atoms with Gasteiger partial charge in [-0.3, -0.25) is 4.79 Å². The molecule has 11 N–H and O–H groups in total. The summed E-state index contributed by atoms with van der Waals surface area (Å²) in [5.41, 5.74) is -5.92. The van der Waals surface area contributed by atoms with Crippen LogP contribution in [0.4, 0.5) is 0 Å². The lowest BCUT2D eigenvalue weighted by Crippen LogP contribution is -2.82. The van der Waals surface area contributed by atoms with Crippen molar-refractivity contribution in [2.24, 2.45) is 0 Å². The molecule has 16 nitrogen and oxygen atoms in total. The Labute approximate surface area is 275 Å². The average molecular weight is 684 g/mol. The first-order chi connectivity index (χ1) is 22.4. The van der Waals surface area contributed by atoms with Crippen LogP contribution in [0.25, 0.3) is 0 Å². The van der Waals surface area contributed by atoms with Crippen LogP contribution in [0.5, 0.6) is 0 Å². The molecule has 16 heteroatoms. The third-order valence-electron chi connectivity index (χ3n) is 9.31. The number of unbranched alkanes of at least 4 members (excludes halogenated alkanes) is 12. The van der Waals surface area contributed by atoms with E-state index >= 15 is 0 Å². The number of aliphatic carboxylic acids is 1. The van der Waals surface area contributed by atoms with Crippen molar-refractivity contribution in [3.05, 3.63) is 0 Å². The molecular weight excluding hydrogens is 626 g/mol. The number of aliphatic hydroxyl groups is 9. The monoisotopic (exact) mass is 683 g/mol.